The molecule has 100 valence electrons. The lowest BCUT2D eigenvalue weighted by atomic mass is 10.2. The number of carbonyl (C=O) groups excluding carboxylic acids is 1. The molecule has 1 aliphatic rings. The molecule has 1 aromatic rings. The Morgan fingerprint density at radius 2 is 2.33 bits per heavy atom. The third kappa shape index (κ3) is 2.72. The van der Waals surface area contributed by atoms with Crippen LogP contribution in [-0.4, -0.2) is 28.5 Å². The summed E-state index contributed by atoms with van der Waals surface area (Å²) in [6.07, 6.45) is 2.47. The minimum absolute atomic E-state index is 0.121. The molecule has 0 saturated heterocycles. The predicted molar refractivity (Wildman–Crippen MR) is 70.3 cm³/mol. The van der Waals surface area contributed by atoms with E-state index in [0.717, 1.165) is 44.0 Å². The van der Waals surface area contributed by atoms with Crippen molar-refractivity contribution in [3.05, 3.63) is 17.2 Å². The van der Waals surface area contributed by atoms with Crippen molar-refractivity contribution in [3.63, 3.8) is 0 Å². The lowest BCUT2D eigenvalue weighted by molar-refractivity contribution is -0.121. The maximum Gasteiger partial charge on any atom is 0.221 e. The number of hydrogen-bond acceptors (Lipinski definition) is 3. The van der Waals surface area contributed by atoms with Crippen molar-refractivity contribution in [2.24, 2.45) is 0 Å². The van der Waals surface area contributed by atoms with Crippen molar-refractivity contribution in [2.75, 3.05) is 13.1 Å². The van der Waals surface area contributed by atoms with Gasteiger partial charge in [-0.2, -0.15) is 0 Å². The van der Waals surface area contributed by atoms with Crippen molar-refractivity contribution in [1.82, 2.24) is 20.2 Å². The number of aromatic nitrogens is 2. The molecular weight excluding hydrogens is 228 g/mol. The van der Waals surface area contributed by atoms with Gasteiger partial charge in [-0.3, -0.25) is 4.79 Å². The van der Waals surface area contributed by atoms with Crippen LogP contribution in [0.2, 0.25) is 0 Å². The van der Waals surface area contributed by atoms with Crippen LogP contribution >= 0.6 is 0 Å². The number of nitrogens with one attached hydrogen (secondary N) is 2. The van der Waals surface area contributed by atoms with Gasteiger partial charge in [0.15, 0.2) is 0 Å². The van der Waals surface area contributed by atoms with E-state index in [4.69, 9.17) is 0 Å². The van der Waals surface area contributed by atoms with Crippen LogP contribution in [0.25, 0.3) is 0 Å². The van der Waals surface area contributed by atoms with Crippen molar-refractivity contribution in [3.8, 4) is 0 Å². The van der Waals surface area contributed by atoms with Crippen molar-refractivity contribution in [1.29, 1.82) is 0 Å². The first-order valence-corrected chi connectivity index (χ1v) is 6.80. The average molecular weight is 250 g/mol. The fourth-order valence-corrected chi connectivity index (χ4v) is 2.46. The highest BCUT2D eigenvalue weighted by Crippen LogP contribution is 2.17. The van der Waals surface area contributed by atoms with Crippen LogP contribution in [0.3, 0.4) is 0 Å². The second-order valence-corrected chi connectivity index (χ2v) is 4.56. The molecule has 2 rings (SSSR count). The number of fused-ring (bicyclic) bond motifs is 1. The molecule has 2 N–H and O–H groups in total. The van der Waals surface area contributed by atoms with Gasteiger partial charge < -0.3 is 15.2 Å². The minimum Gasteiger partial charge on any atom is -0.356 e. The molecule has 1 aliphatic heterocycles. The fraction of sp³-hybridized carbons (Fsp3) is 0.692. The Morgan fingerprint density at radius 1 is 1.50 bits per heavy atom. The van der Waals surface area contributed by atoms with E-state index >= 15 is 0 Å². The van der Waals surface area contributed by atoms with E-state index in [0.29, 0.717) is 13.0 Å². The summed E-state index contributed by atoms with van der Waals surface area (Å²) in [7, 11) is 0. The van der Waals surface area contributed by atoms with Crippen molar-refractivity contribution < 1.29 is 4.79 Å². The summed E-state index contributed by atoms with van der Waals surface area (Å²) < 4.78 is 2.24. The standard InChI is InChI=1S/C13H22N4O/c1-3-12-16-10-9-14-7-5-11(10)17(12)8-6-13(18)15-4-2/h14H,3-9H2,1-2H3,(H,15,18). The highest BCUT2D eigenvalue weighted by atomic mass is 16.1. The van der Waals surface area contributed by atoms with Crippen LogP contribution in [0.5, 0.6) is 0 Å². The first kappa shape index (κ1) is 13.1. The van der Waals surface area contributed by atoms with E-state index in [1.807, 2.05) is 6.92 Å². The molecule has 18 heavy (non-hydrogen) atoms. The second kappa shape index (κ2) is 6.00. The summed E-state index contributed by atoms with van der Waals surface area (Å²) in [6, 6.07) is 0. The van der Waals surface area contributed by atoms with Gasteiger partial charge >= 0.3 is 0 Å². The summed E-state index contributed by atoms with van der Waals surface area (Å²) in [4.78, 5) is 16.2. The van der Waals surface area contributed by atoms with E-state index in [1.54, 1.807) is 0 Å². The molecule has 5 heteroatoms. The van der Waals surface area contributed by atoms with Crippen molar-refractivity contribution in [2.45, 2.75) is 46.2 Å². The Balaban J connectivity index is 2.10. The molecule has 5 nitrogen and oxygen atoms in total. The zero-order valence-corrected chi connectivity index (χ0v) is 11.3. The van der Waals surface area contributed by atoms with Gasteiger partial charge in [0.1, 0.15) is 5.82 Å². The molecule has 0 bridgehead atoms. The summed E-state index contributed by atoms with van der Waals surface area (Å²) >= 11 is 0. The predicted octanol–water partition coefficient (Wildman–Crippen LogP) is 0.617. The normalized spacial score (nSPS) is 14.3. The van der Waals surface area contributed by atoms with Crippen LogP contribution in [0.4, 0.5) is 0 Å². The first-order valence-electron chi connectivity index (χ1n) is 6.80. The van der Waals surface area contributed by atoms with E-state index in [2.05, 4.69) is 27.1 Å². The third-order valence-corrected chi connectivity index (χ3v) is 3.32. The lowest BCUT2D eigenvalue weighted by Crippen LogP contribution is -2.27. The van der Waals surface area contributed by atoms with Crippen LogP contribution in [0, 0.1) is 0 Å². The molecule has 2 heterocycles. The minimum atomic E-state index is 0.121. The maximum absolute atomic E-state index is 11.5. The SMILES string of the molecule is CCNC(=O)CCn1c(CC)nc2c1CCNC2. The van der Waals surface area contributed by atoms with Crippen LogP contribution < -0.4 is 10.6 Å². The molecule has 0 fully saturated rings. The van der Waals surface area contributed by atoms with Gasteiger partial charge in [0.25, 0.3) is 0 Å². The average Bonchev–Trinajstić information content (AvgIpc) is 2.74. The molecule has 1 aromatic heterocycles. The molecular formula is C13H22N4O. The number of nitrogens with zero attached hydrogens (tertiary/aromatic N) is 2. The Bertz CT molecular complexity index is 425. The lowest BCUT2D eigenvalue weighted by Gasteiger charge is -2.16. The topological polar surface area (TPSA) is 59.0 Å². The molecule has 0 radical (unpaired) electrons. The summed E-state index contributed by atoms with van der Waals surface area (Å²) in [5.74, 6) is 1.23. The zero-order valence-electron chi connectivity index (χ0n) is 11.3. The number of aryl methyl sites for hydroxylation is 1. The number of rotatable bonds is 5. The van der Waals surface area contributed by atoms with Gasteiger partial charge in [0, 0.05) is 51.1 Å². The zero-order chi connectivity index (χ0) is 13.0. The third-order valence-electron chi connectivity index (χ3n) is 3.32. The summed E-state index contributed by atoms with van der Waals surface area (Å²) in [5, 5.41) is 6.18. The quantitative estimate of drug-likeness (QED) is 0.805. The Labute approximate surface area is 108 Å². The van der Waals surface area contributed by atoms with Crippen LogP contribution in [-0.2, 0) is 30.7 Å². The van der Waals surface area contributed by atoms with Gasteiger partial charge in [0.2, 0.25) is 5.91 Å². The van der Waals surface area contributed by atoms with Gasteiger partial charge in [-0.15, -0.1) is 0 Å². The van der Waals surface area contributed by atoms with Crippen molar-refractivity contribution >= 4 is 5.91 Å². The maximum atomic E-state index is 11.5. The monoisotopic (exact) mass is 250 g/mol. The van der Waals surface area contributed by atoms with Gasteiger partial charge in [-0.25, -0.2) is 4.98 Å². The number of amides is 1. The Morgan fingerprint density at radius 3 is 3.06 bits per heavy atom. The van der Waals surface area contributed by atoms with Crippen LogP contribution in [0.1, 0.15) is 37.5 Å². The number of carbonyl (C=O) groups is 1. The molecule has 0 saturated carbocycles. The Kier molecular flexibility index (Phi) is 4.36. The molecule has 0 unspecified atom stereocenters. The highest BCUT2D eigenvalue weighted by Gasteiger charge is 2.18. The Hall–Kier alpha value is -1.36. The molecule has 0 aromatic carbocycles. The van der Waals surface area contributed by atoms with E-state index < -0.39 is 0 Å². The van der Waals surface area contributed by atoms with Gasteiger partial charge in [-0.05, 0) is 6.92 Å². The van der Waals surface area contributed by atoms with E-state index in [9.17, 15) is 4.79 Å². The first-order chi connectivity index (χ1) is 8.76. The molecule has 0 spiro atoms. The molecule has 1 amide bonds. The van der Waals surface area contributed by atoms with E-state index in [-0.39, 0.29) is 5.91 Å². The summed E-state index contributed by atoms with van der Waals surface area (Å²) in [5.41, 5.74) is 2.48. The summed E-state index contributed by atoms with van der Waals surface area (Å²) in [6.45, 7) is 7.37. The highest BCUT2D eigenvalue weighted by molar-refractivity contribution is 5.75. The van der Waals surface area contributed by atoms with Gasteiger partial charge in [-0.1, -0.05) is 6.92 Å². The molecule has 0 aliphatic carbocycles. The fourth-order valence-electron chi connectivity index (χ4n) is 2.46. The second-order valence-electron chi connectivity index (χ2n) is 4.56. The van der Waals surface area contributed by atoms with Gasteiger partial charge in [0.05, 0.1) is 5.69 Å². The number of hydrogen-bond donors (Lipinski definition) is 2. The largest absolute Gasteiger partial charge is 0.356 e. The number of imidazole rings is 1. The van der Waals surface area contributed by atoms with E-state index in [1.165, 1.54) is 5.69 Å². The van der Waals surface area contributed by atoms with Crippen LogP contribution in [0.15, 0.2) is 0 Å². The molecule has 0 atom stereocenters. The smallest absolute Gasteiger partial charge is 0.221 e.